The summed E-state index contributed by atoms with van der Waals surface area (Å²) in [5, 5.41) is 7.49. The largest absolute Gasteiger partial charge is 0.243 e. The molecule has 1 aliphatic carbocycles. The van der Waals surface area contributed by atoms with E-state index in [0.717, 1.165) is 17.8 Å². The van der Waals surface area contributed by atoms with Crippen molar-refractivity contribution in [2.75, 3.05) is 0 Å². The molecule has 0 unspecified atom stereocenters. The van der Waals surface area contributed by atoms with Crippen molar-refractivity contribution in [1.29, 1.82) is 0 Å². The minimum absolute atomic E-state index is 0.821. The summed E-state index contributed by atoms with van der Waals surface area (Å²) in [6.45, 7) is 2.06. The molecule has 1 aromatic rings. The van der Waals surface area contributed by atoms with Gasteiger partial charge in [-0.05, 0) is 35.8 Å². The topological polar surface area (TPSA) is 38.9 Å². The fourth-order valence-electron chi connectivity index (χ4n) is 1.07. The molecular formula is C8H8N2O. The van der Waals surface area contributed by atoms with Crippen LogP contribution in [-0.2, 0) is 0 Å². The zero-order valence-electron chi connectivity index (χ0n) is 6.24. The van der Waals surface area contributed by atoms with Crippen molar-refractivity contribution >= 4 is 12.2 Å². The second-order valence-electron chi connectivity index (χ2n) is 2.63. The van der Waals surface area contributed by atoms with Gasteiger partial charge in [-0.3, -0.25) is 0 Å². The van der Waals surface area contributed by atoms with E-state index >= 15 is 0 Å². The summed E-state index contributed by atoms with van der Waals surface area (Å²) in [6, 6.07) is 0. The molecule has 0 atom stereocenters. The third-order valence-corrected chi connectivity index (χ3v) is 1.64. The highest BCUT2D eigenvalue weighted by molar-refractivity contribution is 5.62. The van der Waals surface area contributed by atoms with Gasteiger partial charge in [0.1, 0.15) is 11.4 Å². The van der Waals surface area contributed by atoms with Gasteiger partial charge in [0.15, 0.2) is 0 Å². The molecule has 1 aliphatic rings. The minimum Gasteiger partial charge on any atom is -0.243 e. The zero-order chi connectivity index (χ0) is 7.68. The lowest BCUT2D eigenvalue weighted by molar-refractivity contribution is 0.305. The van der Waals surface area contributed by atoms with Gasteiger partial charge in [-0.2, -0.15) is 0 Å². The van der Waals surface area contributed by atoms with Gasteiger partial charge in [0, 0.05) is 0 Å². The van der Waals surface area contributed by atoms with Crippen LogP contribution < -0.4 is 0 Å². The Hall–Kier alpha value is -1.38. The minimum atomic E-state index is 0.821. The predicted octanol–water partition coefficient (Wildman–Crippen LogP) is 1.89. The van der Waals surface area contributed by atoms with Crippen LogP contribution in [0, 0.1) is 0 Å². The molecule has 0 aliphatic heterocycles. The Labute approximate surface area is 64.4 Å². The normalized spacial score (nSPS) is 15.5. The van der Waals surface area contributed by atoms with E-state index in [1.165, 1.54) is 5.57 Å². The maximum absolute atomic E-state index is 4.58. The van der Waals surface area contributed by atoms with Crippen LogP contribution in [0.15, 0.2) is 16.3 Å². The van der Waals surface area contributed by atoms with E-state index < -0.39 is 0 Å². The van der Waals surface area contributed by atoms with E-state index in [9.17, 15) is 0 Å². The van der Waals surface area contributed by atoms with Crippen LogP contribution in [-0.4, -0.2) is 10.3 Å². The Morgan fingerprint density at radius 3 is 3.09 bits per heavy atom. The number of rotatable bonds is 0. The first-order valence-electron chi connectivity index (χ1n) is 3.52. The molecule has 56 valence electrons. The van der Waals surface area contributed by atoms with Crippen LogP contribution in [0.25, 0.3) is 12.2 Å². The number of allylic oxidation sites excluding steroid dienone is 2. The third kappa shape index (κ3) is 1.09. The standard InChI is InChI=1S/C8H8N2O/c1-6-3-2-4-7-8(5-6)10-11-9-7/h2,4-5H,3H2,1H3. The lowest BCUT2D eigenvalue weighted by Gasteiger charge is -1.88. The van der Waals surface area contributed by atoms with Crippen LogP contribution in [0.5, 0.6) is 0 Å². The Kier molecular flexibility index (Phi) is 1.35. The lowest BCUT2D eigenvalue weighted by Crippen LogP contribution is -1.75. The Morgan fingerprint density at radius 2 is 2.18 bits per heavy atom. The van der Waals surface area contributed by atoms with Crippen LogP contribution in [0.2, 0.25) is 0 Å². The van der Waals surface area contributed by atoms with Crippen LogP contribution in [0.3, 0.4) is 0 Å². The van der Waals surface area contributed by atoms with Gasteiger partial charge >= 0.3 is 0 Å². The third-order valence-electron chi connectivity index (χ3n) is 1.64. The maximum atomic E-state index is 4.58. The molecule has 11 heavy (non-hydrogen) atoms. The monoisotopic (exact) mass is 148 g/mol. The average molecular weight is 148 g/mol. The van der Waals surface area contributed by atoms with Gasteiger partial charge in [-0.15, -0.1) is 0 Å². The lowest BCUT2D eigenvalue weighted by atomic mass is 10.2. The van der Waals surface area contributed by atoms with Crippen molar-refractivity contribution in [3.05, 3.63) is 23.0 Å². The molecule has 0 bridgehead atoms. The fourth-order valence-corrected chi connectivity index (χ4v) is 1.07. The molecule has 0 amide bonds. The summed E-state index contributed by atoms with van der Waals surface area (Å²) in [5.41, 5.74) is 2.92. The Bertz CT molecular complexity index is 323. The number of hydrogen-bond donors (Lipinski definition) is 0. The Morgan fingerprint density at radius 1 is 1.36 bits per heavy atom. The zero-order valence-corrected chi connectivity index (χ0v) is 6.24. The number of hydrogen-bond acceptors (Lipinski definition) is 3. The summed E-state index contributed by atoms with van der Waals surface area (Å²) in [6.07, 6.45) is 6.95. The second kappa shape index (κ2) is 2.34. The summed E-state index contributed by atoms with van der Waals surface area (Å²) < 4.78 is 4.58. The molecule has 1 aromatic heterocycles. The van der Waals surface area contributed by atoms with Gasteiger partial charge in [-0.25, -0.2) is 4.63 Å². The van der Waals surface area contributed by atoms with E-state index in [1.54, 1.807) is 0 Å². The second-order valence-corrected chi connectivity index (χ2v) is 2.63. The van der Waals surface area contributed by atoms with Crippen molar-refractivity contribution in [2.24, 2.45) is 0 Å². The molecular weight excluding hydrogens is 140 g/mol. The highest BCUT2D eigenvalue weighted by Crippen LogP contribution is 2.16. The van der Waals surface area contributed by atoms with E-state index in [-0.39, 0.29) is 0 Å². The van der Waals surface area contributed by atoms with E-state index in [2.05, 4.69) is 27.9 Å². The van der Waals surface area contributed by atoms with Crippen molar-refractivity contribution in [1.82, 2.24) is 10.3 Å². The molecule has 0 N–H and O–H groups in total. The molecule has 0 saturated heterocycles. The molecule has 2 rings (SSSR count). The van der Waals surface area contributed by atoms with E-state index in [4.69, 9.17) is 0 Å². The predicted molar refractivity (Wildman–Crippen MR) is 41.6 cm³/mol. The molecule has 1 heterocycles. The van der Waals surface area contributed by atoms with Crippen LogP contribution in [0.4, 0.5) is 0 Å². The van der Waals surface area contributed by atoms with Gasteiger partial charge in [0.2, 0.25) is 0 Å². The fraction of sp³-hybridized carbons (Fsp3) is 0.250. The van der Waals surface area contributed by atoms with Crippen molar-refractivity contribution in [2.45, 2.75) is 13.3 Å². The molecule has 0 radical (unpaired) electrons. The highest BCUT2D eigenvalue weighted by atomic mass is 16.6. The van der Waals surface area contributed by atoms with Gasteiger partial charge in [-0.1, -0.05) is 11.6 Å². The van der Waals surface area contributed by atoms with Crippen LogP contribution in [0.1, 0.15) is 24.7 Å². The quantitative estimate of drug-likeness (QED) is 0.564. The van der Waals surface area contributed by atoms with Gasteiger partial charge in [0.25, 0.3) is 0 Å². The van der Waals surface area contributed by atoms with Crippen molar-refractivity contribution in [3.63, 3.8) is 0 Å². The Balaban J connectivity index is 2.55. The first-order valence-corrected chi connectivity index (χ1v) is 3.52. The summed E-state index contributed by atoms with van der Waals surface area (Å²) in [7, 11) is 0. The van der Waals surface area contributed by atoms with Crippen molar-refractivity contribution in [3.8, 4) is 0 Å². The smallest absolute Gasteiger partial charge is 0.135 e. The molecule has 0 aromatic carbocycles. The van der Waals surface area contributed by atoms with Gasteiger partial charge < -0.3 is 0 Å². The van der Waals surface area contributed by atoms with Crippen molar-refractivity contribution < 1.29 is 4.63 Å². The SMILES string of the molecule is CC1=Cc2nonc2C=CC1. The number of nitrogens with zero attached hydrogens (tertiary/aromatic N) is 2. The molecule has 0 spiro atoms. The first-order chi connectivity index (χ1) is 5.36. The molecule has 3 heteroatoms. The number of fused-ring (bicyclic) bond motifs is 1. The average Bonchev–Trinajstić information content (AvgIpc) is 2.31. The maximum Gasteiger partial charge on any atom is 0.135 e. The van der Waals surface area contributed by atoms with E-state index in [1.807, 2.05) is 12.2 Å². The van der Waals surface area contributed by atoms with Gasteiger partial charge in [0.05, 0.1) is 0 Å². The summed E-state index contributed by atoms with van der Waals surface area (Å²) >= 11 is 0. The summed E-state index contributed by atoms with van der Waals surface area (Å²) in [5.74, 6) is 0. The van der Waals surface area contributed by atoms with E-state index in [0.29, 0.717) is 0 Å². The highest BCUT2D eigenvalue weighted by Gasteiger charge is 2.06. The molecule has 0 fully saturated rings. The molecule has 0 saturated carbocycles. The first kappa shape index (κ1) is 6.34. The number of aromatic nitrogens is 2. The summed E-state index contributed by atoms with van der Waals surface area (Å²) in [4.78, 5) is 0. The molecule has 3 nitrogen and oxygen atoms in total. The van der Waals surface area contributed by atoms with Crippen LogP contribution >= 0.6 is 0 Å².